The van der Waals surface area contributed by atoms with Crippen molar-refractivity contribution < 1.29 is 24.5 Å². The van der Waals surface area contributed by atoms with Crippen LogP contribution in [0.4, 0.5) is 0 Å². The topological polar surface area (TPSA) is 83.8 Å². The summed E-state index contributed by atoms with van der Waals surface area (Å²) in [5, 5.41) is 17.5. The molecule has 0 aromatic rings. The van der Waals surface area contributed by atoms with Gasteiger partial charge in [0.15, 0.2) is 0 Å². The summed E-state index contributed by atoms with van der Waals surface area (Å²) >= 11 is 0. The zero-order chi connectivity index (χ0) is 15.6. The summed E-state index contributed by atoms with van der Waals surface area (Å²) in [7, 11) is 0. The number of unbranched alkanes of at least 4 members (excludes halogenated alkanes) is 1. The Kier molecular flexibility index (Phi) is 8.04. The maximum Gasteiger partial charge on any atom is 0.331 e. The number of rotatable bonds is 6. The van der Waals surface area contributed by atoms with Gasteiger partial charge in [-0.2, -0.15) is 0 Å². The minimum Gasteiger partial charge on any atom is -0.502 e. The highest BCUT2D eigenvalue weighted by atomic mass is 16.5. The second-order valence-corrected chi connectivity index (χ2v) is 4.65. The van der Waals surface area contributed by atoms with Crippen LogP contribution in [0.1, 0.15) is 33.1 Å². The van der Waals surface area contributed by atoms with Gasteiger partial charge in [0.1, 0.15) is 0 Å². The van der Waals surface area contributed by atoms with E-state index in [2.05, 4.69) is 13.5 Å². The second kappa shape index (κ2) is 8.96. The normalized spacial score (nSPS) is 20.2. The van der Waals surface area contributed by atoms with Crippen LogP contribution >= 0.6 is 0 Å². The van der Waals surface area contributed by atoms with E-state index in [9.17, 15) is 9.59 Å². The molecule has 1 rings (SSSR count). The molecule has 0 fully saturated rings. The van der Waals surface area contributed by atoms with Crippen molar-refractivity contribution in [1.29, 1.82) is 0 Å². The molecule has 0 aliphatic heterocycles. The van der Waals surface area contributed by atoms with Gasteiger partial charge in [-0.05, 0) is 19.8 Å². The third-order valence-corrected chi connectivity index (χ3v) is 2.82. The standard InChI is InChI=1S/C9H10O4.C6H12O/c1-9(8(12)13)4-2-3-6(5-9)7(10)11;1-3-5-6-7-4-2/h2-4H,5H2,1H3,(H,10,11)(H,12,13);4H,2-3,5-6H2,1H3. The summed E-state index contributed by atoms with van der Waals surface area (Å²) in [5.74, 6) is -2.06. The van der Waals surface area contributed by atoms with Crippen LogP contribution in [0.2, 0.25) is 0 Å². The Hall–Kier alpha value is -2.04. The molecule has 5 heteroatoms. The molecule has 5 nitrogen and oxygen atoms in total. The first-order valence-corrected chi connectivity index (χ1v) is 6.45. The SMILES string of the molecule is C=COCCCC.CC1(C(=O)O)C=CC=C(C(=O)O)C1. The van der Waals surface area contributed by atoms with E-state index in [0.29, 0.717) is 0 Å². The number of ether oxygens (including phenoxy) is 1. The third kappa shape index (κ3) is 6.22. The van der Waals surface area contributed by atoms with E-state index in [1.807, 2.05) is 0 Å². The van der Waals surface area contributed by atoms with Crippen LogP contribution in [-0.2, 0) is 14.3 Å². The fourth-order valence-corrected chi connectivity index (χ4v) is 1.49. The summed E-state index contributed by atoms with van der Waals surface area (Å²) < 4.78 is 4.84. The number of hydrogen-bond acceptors (Lipinski definition) is 3. The second-order valence-electron chi connectivity index (χ2n) is 4.65. The minimum atomic E-state index is -1.08. The first kappa shape index (κ1) is 18.0. The first-order chi connectivity index (χ1) is 9.37. The molecular weight excluding hydrogens is 260 g/mol. The molecule has 0 heterocycles. The number of carbonyl (C=O) groups is 2. The molecule has 1 aliphatic carbocycles. The molecule has 0 spiro atoms. The van der Waals surface area contributed by atoms with Gasteiger partial charge in [-0.15, -0.1) is 0 Å². The maximum absolute atomic E-state index is 10.8. The Morgan fingerprint density at radius 3 is 2.60 bits per heavy atom. The van der Waals surface area contributed by atoms with Gasteiger partial charge in [0.05, 0.1) is 18.3 Å². The number of allylic oxidation sites excluding steroid dienone is 2. The average Bonchev–Trinajstić information content (AvgIpc) is 2.40. The quantitative estimate of drug-likeness (QED) is 0.578. The molecule has 1 aliphatic rings. The van der Waals surface area contributed by atoms with E-state index in [1.165, 1.54) is 37.8 Å². The van der Waals surface area contributed by atoms with Crippen molar-refractivity contribution >= 4 is 11.9 Å². The first-order valence-electron chi connectivity index (χ1n) is 6.45. The molecule has 1 atom stereocenters. The molecule has 0 aromatic carbocycles. The monoisotopic (exact) mass is 282 g/mol. The van der Waals surface area contributed by atoms with E-state index in [1.54, 1.807) is 0 Å². The highest BCUT2D eigenvalue weighted by molar-refractivity contribution is 5.90. The van der Waals surface area contributed by atoms with E-state index in [0.717, 1.165) is 13.0 Å². The minimum absolute atomic E-state index is 0.0359. The van der Waals surface area contributed by atoms with Gasteiger partial charge in [-0.25, -0.2) is 4.79 Å². The van der Waals surface area contributed by atoms with Crippen molar-refractivity contribution in [2.24, 2.45) is 5.41 Å². The van der Waals surface area contributed by atoms with Crippen molar-refractivity contribution in [3.63, 3.8) is 0 Å². The lowest BCUT2D eigenvalue weighted by molar-refractivity contribution is -0.145. The Balaban J connectivity index is 0.000000441. The fraction of sp³-hybridized carbons (Fsp3) is 0.467. The lowest BCUT2D eigenvalue weighted by Gasteiger charge is -2.23. The Bertz CT molecular complexity index is 408. The van der Waals surface area contributed by atoms with Crippen LogP contribution in [0.25, 0.3) is 0 Å². The number of carboxylic acids is 2. The number of aliphatic carboxylic acids is 2. The molecule has 0 saturated heterocycles. The average molecular weight is 282 g/mol. The van der Waals surface area contributed by atoms with E-state index >= 15 is 0 Å². The third-order valence-electron chi connectivity index (χ3n) is 2.82. The van der Waals surface area contributed by atoms with Crippen molar-refractivity contribution in [2.45, 2.75) is 33.1 Å². The molecule has 1 unspecified atom stereocenters. The molecular formula is C15H22O5. The molecule has 20 heavy (non-hydrogen) atoms. The van der Waals surface area contributed by atoms with E-state index in [-0.39, 0.29) is 12.0 Å². The summed E-state index contributed by atoms with van der Waals surface area (Å²) in [6.45, 7) is 7.86. The highest BCUT2D eigenvalue weighted by Gasteiger charge is 2.34. The predicted octanol–water partition coefficient (Wildman–Crippen LogP) is 2.99. The molecule has 0 radical (unpaired) electrons. The van der Waals surface area contributed by atoms with Gasteiger partial charge in [0.25, 0.3) is 0 Å². The molecule has 0 bridgehead atoms. The maximum atomic E-state index is 10.8. The summed E-state index contributed by atoms with van der Waals surface area (Å²) in [4.78, 5) is 21.3. The Morgan fingerprint density at radius 1 is 1.50 bits per heavy atom. The number of hydrogen-bond donors (Lipinski definition) is 2. The van der Waals surface area contributed by atoms with Crippen molar-refractivity contribution in [3.8, 4) is 0 Å². The van der Waals surface area contributed by atoms with Gasteiger partial charge >= 0.3 is 11.9 Å². The fourth-order valence-electron chi connectivity index (χ4n) is 1.49. The van der Waals surface area contributed by atoms with Crippen LogP contribution in [0.15, 0.2) is 36.6 Å². The lowest BCUT2D eigenvalue weighted by Crippen LogP contribution is -2.28. The zero-order valence-corrected chi connectivity index (χ0v) is 12.0. The van der Waals surface area contributed by atoms with E-state index in [4.69, 9.17) is 14.9 Å². The largest absolute Gasteiger partial charge is 0.502 e. The van der Waals surface area contributed by atoms with Crippen LogP contribution in [0, 0.1) is 5.41 Å². The molecule has 0 saturated carbocycles. The van der Waals surface area contributed by atoms with Crippen LogP contribution < -0.4 is 0 Å². The Labute approximate surface area is 119 Å². The summed E-state index contributed by atoms with van der Waals surface area (Å²) in [5.41, 5.74) is -0.949. The molecule has 0 amide bonds. The van der Waals surface area contributed by atoms with Crippen LogP contribution in [0.5, 0.6) is 0 Å². The van der Waals surface area contributed by atoms with Crippen LogP contribution in [0.3, 0.4) is 0 Å². The van der Waals surface area contributed by atoms with Crippen LogP contribution in [-0.4, -0.2) is 28.8 Å². The zero-order valence-electron chi connectivity index (χ0n) is 12.0. The van der Waals surface area contributed by atoms with Gasteiger partial charge < -0.3 is 14.9 Å². The van der Waals surface area contributed by atoms with Gasteiger partial charge in [-0.1, -0.05) is 38.2 Å². The van der Waals surface area contributed by atoms with Crippen molar-refractivity contribution in [2.75, 3.05) is 6.61 Å². The van der Waals surface area contributed by atoms with Gasteiger partial charge in [0.2, 0.25) is 0 Å². The van der Waals surface area contributed by atoms with E-state index < -0.39 is 17.4 Å². The molecule has 0 aromatic heterocycles. The highest BCUT2D eigenvalue weighted by Crippen LogP contribution is 2.31. The number of carboxylic acid groups (broad SMARTS) is 2. The van der Waals surface area contributed by atoms with Crippen molar-refractivity contribution in [3.05, 3.63) is 36.6 Å². The van der Waals surface area contributed by atoms with Gasteiger partial charge in [0, 0.05) is 5.57 Å². The lowest BCUT2D eigenvalue weighted by atomic mass is 9.80. The summed E-state index contributed by atoms with van der Waals surface area (Å²) in [6.07, 6.45) is 8.24. The molecule has 2 N–H and O–H groups in total. The molecule has 112 valence electrons. The summed E-state index contributed by atoms with van der Waals surface area (Å²) in [6, 6.07) is 0. The van der Waals surface area contributed by atoms with Gasteiger partial charge in [-0.3, -0.25) is 4.79 Å². The Morgan fingerprint density at radius 2 is 2.15 bits per heavy atom. The predicted molar refractivity (Wildman–Crippen MR) is 76.3 cm³/mol. The smallest absolute Gasteiger partial charge is 0.331 e. The van der Waals surface area contributed by atoms with Crippen molar-refractivity contribution in [1.82, 2.24) is 0 Å².